The molecule has 0 saturated heterocycles. The molecular weight excluding hydrogens is 200 g/mol. The molecule has 0 aliphatic carbocycles. The summed E-state index contributed by atoms with van der Waals surface area (Å²) in [7, 11) is 0. The summed E-state index contributed by atoms with van der Waals surface area (Å²) in [5, 5.41) is 9.13. The molecule has 0 aromatic heterocycles. The molecule has 0 radical (unpaired) electrons. The highest BCUT2D eigenvalue weighted by Crippen LogP contribution is 2.11. The number of hydrogen-bond acceptors (Lipinski definition) is 2. The lowest BCUT2D eigenvalue weighted by molar-refractivity contribution is 0.127. The molecule has 0 atom stereocenters. The van der Waals surface area contributed by atoms with Gasteiger partial charge in [-0.1, -0.05) is 25.5 Å². The molecule has 1 N–H and O–H groups in total. The van der Waals surface area contributed by atoms with Crippen molar-refractivity contribution in [3.05, 3.63) is 29.8 Å². The SMILES string of the molecule is CCCCOCCCCc1ccc(O)cc1. The molecule has 1 aromatic carbocycles. The maximum atomic E-state index is 9.13. The van der Waals surface area contributed by atoms with Crippen LogP contribution in [0.1, 0.15) is 38.2 Å². The first-order valence-corrected chi connectivity index (χ1v) is 6.18. The van der Waals surface area contributed by atoms with Crippen molar-refractivity contribution in [1.82, 2.24) is 0 Å². The minimum atomic E-state index is 0.339. The predicted molar refractivity (Wildman–Crippen MR) is 66.8 cm³/mol. The van der Waals surface area contributed by atoms with Gasteiger partial charge in [0.15, 0.2) is 0 Å². The van der Waals surface area contributed by atoms with Gasteiger partial charge in [0.2, 0.25) is 0 Å². The topological polar surface area (TPSA) is 29.5 Å². The largest absolute Gasteiger partial charge is 0.508 e. The van der Waals surface area contributed by atoms with Gasteiger partial charge >= 0.3 is 0 Å². The third-order valence-electron chi connectivity index (χ3n) is 2.58. The smallest absolute Gasteiger partial charge is 0.115 e. The normalized spacial score (nSPS) is 10.6. The van der Waals surface area contributed by atoms with Crippen LogP contribution in [0, 0.1) is 0 Å². The van der Waals surface area contributed by atoms with Crippen LogP contribution in [0.5, 0.6) is 5.75 Å². The van der Waals surface area contributed by atoms with Gasteiger partial charge in [-0.25, -0.2) is 0 Å². The Bertz CT molecular complexity index is 267. The first-order valence-electron chi connectivity index (χ1n) is 6.18. The molecule has 1 aromatic rings. The van der Waals surface area contributed by atoms with E-state index in [0.29, 0.717) is 5.75 Å². The third-order valence-corrected chi connectivity index (χ3v) is 2.58. The van der Waals surface area contributed by atoms with Crippen LogP contribution in [0.2, 0.25) is 0 Å². The molecule has 90 valence electrons. The summed E-state index contributed by atoms with van der Waals surface area (Å²) < 4.78 is 5.49. The number of unbranched alkanes of at least 4 members (excludes halogenated alkanes) is 2. The van der Waals surface area contributed by atoms with Gasteiger partial charge in [0.1, 0.15) is 5.75 Å². The number of hydrogen-bond donors (Lipinski definition) is 1. The van der Waals surface area contributed by atoms with Crippen molar-refractivity contribution in [2.75, 3.05) is 13.2 Å². The Labute approximate surface area is 98.3 Å². The molecule has 16 heavy (non-hydrogen) atoms. The van der Waals surface area contributed by atoms with E-state index < -0.39 is 0 Å². The van der Waals surface area contributed by atoms with Gasteiger partial charge in [0.05, 0.1) is 0 Å². The molecule has 0 spiro atoms. The molecule has 0 aliphatic heterocycles. The van der Waals surface area contributed by atoms with E-state index in [9.17, 15) is 0 Å². The van der Waals surface area contributed by atoms with Gasteiger partial charge in [-0.3, -0.25) is 0 Å². The Hall–Kier alpha value is -1.02. The van der Waals surface area contributed by atoms with Crippen molar-refractivity contribution in [3.63, 3.8) is 0 Å². The van der Waals surface area contributed by atoms with E-state index in [-0.39, 0.29) is 0 Å². The Morgan fingerprint density at radius 3 is 2.38 bits per heavy atom. The molecule has 2 nitrogen and oxygen atoms in total. The fourth-order valence-corrected chi connectivity index (χ4v) is 1.54. The lowest BCUT2D eigenvalue weighted by atomic mass is 10.1. The highest BCUT2D eigenvalue weighted by molar-refractivity contribution is 5.25. The van der Waals surface area contributed by atoms with Crippen LogP contribution in [0.15, 0.2) is 24.3 Å². The summed E-state index contributed by atoms with van der Waals surface area (Å²) in [4.78, 5) is 0. The Morgan fingerprint density at radius 2 is 1.69 bits per heavy atom. The summed E-state index contributed by atoms with van der Waals surface area (Å²) in [6.07, 6.45) is 5.70. The first-order chi connectivity index (χ1) is 7.83. The second-order valence-electron chi connectivity index (χ2n) is 4.09. The van der Waals surface area contributed by atoms with E-state index in [0.717, 1.165) is 38.9 Å². The molecule has 1 rings (SSSR count). The molecule has 2 heteroatoms. The van der Waals surface area contributed by atoms with E-state index in [2.05, 4.69) is 6.92 Å². The monoisotopic (exact) mass is 222 g/mol. The number of rotatable bonds is 8. The fourth-order valence-electron chi connectivity index (χ4n) is 1.54. The van der Waals surface area contributed by atoms with Crippen LogP contribution < -0.4 is 0 Å². The number of phenols is 1. The van der Waals surface area contributed by atoms with Crippen molar-refractivity contribution in [2.24, 2.45) is 0 Å². The van der Waals surface area contributed by atoms with E-state index >= 15 is 0 Å². The molecule has 0 unspecified atom stereocenters. The van der Waals surface area contributed by atoms with Crippen molar-refractivity contribution in [1.29, 1.82) is 0 Å². The molecule has 0 fully saturated rings. The van der Waals surface area contributed by atoms with Gasteiger partial charge in [0.25, 0.3) is 0 Å². The lowest BCUT2D eigenvalue weighted by Crippen LogP contribution is -1.97. The van der Waals surface area contributed by atoms with Gasteiger partial charge in [0, 0.05) is 13.2 Å². The van der Waals surface area contributed by atoms with E-state index in [1.807, 2.05) is 12.1 Å². The molecule has 0 aliphatic rings. The number of benzene rings is 1. The minimum Gasteiger partial charge on any atom is -0.508 e. The summed E-state index contributed by atoms with van der Waals surface area (Å²) >= 11 is 0. The van der Waals surface area contributed by atoms with Gasteiger partial charge in [-0.05, 0) is 43.4 Å². The van der Waals surface area contributed by atoms with Crippen LogP contribution >= 0.6 is 0 Å². The standard InChI is InChI=1S/C14H22O2/c1-2-3-11-16-12-5-4-6-13-7-9-14(15)10-8-13/h7-10,15H,2-6,11-12H2,1H3. The van der Waals surface area contributed by atoms with Gasteiger partial charge < -0.3 is 9.84 Å². The average Bonchev–Trinajstić information content (AvgIpc) is 2.30. The zero-order chi connectivity index (χ0) is 11.6. The van der Waals surface area contributed by atoms with Crippen molar-refractivity contribution >= 4 is 0 Å². The zero-order valence-electron chi connectivity index (χ0n) is 10.1. The highest BCUT2D eigenvalue weighted by atomic mass is 16.5. The van der Waals surface area contributed by atoms with E-state index in [1.165, 1.54) is 12.0 Å². The molecule has 0 bridgehead atoms. The van der Waals surface area contributed by atoms with E-state index in [1.54, 1.807) is 12.1 Å². The summed E-state index contributed by atoms with van der Waals surface area (Å²) in [5.74, 6) is 0.339. The van der Waals surface area contributed by atoms with Crippen LogP contribution in [-0.4, -0.2) is 18.3 Å². The highest BCUT2D eigenvalue weighted by Gasteiger charge is 1.94. The van der Waals surface area contributed by atoms with Crippen LogP contribution in [0.3, 0.4) is 0 Å². The maximum absolute atomic E-state index is 9.13. The Balaban J connectivity index is 2.01. The average molecular weight is 222 g/mol. The second kappa shape index (κ2) is 8.17. The van der Waals surface area contributed by atoms with Crippen molar-refractivity contribution in [2.45, 2.75) is 39.0 Å². The van der Waals surface area contributed by atoms with E-state index in [4.69, 9.17) is 9.84 Å². The predicted octanol–water partition coefficient (Wildman–Crippen LogP) is 3.53. The first kappa shape index (κ1) is 13.0. The second-order valence-corrected chi connectivity index (χ2v) is 4.09. The number of phenolic OH excluding ortho intramolecular Hbond substituents is 1. The molecule has 0 heterocycles. The van der Waals surface area contributed by atoms with Crippen molar-refractivity contribution < 1.29 is 9.84 Å². The van der Waals surface area contributed by atoms with Gasteiger partial charge in [-0.15, -0.1) is 0 Å². The zero-order valence-corrected chi connectivity index (χ0v) is 10.1. The third kappa shape index (κ3) is 5.76. The molecule has 0 amide bonds. The summed E-state index contributed by atoms with van der Waals surface area (Å²) in [5.41, 5.74) is 1.28. The minimum absolute atomic E-state index is 0.339. The summed E-state index contributed by atoms with van der Waals surface area (Å²) in [6, 6.07) is 7.45. The van der Waals surface area contributed by atoms with Crippen LogP contribution in [-0.2, 0) is 11.2 Å². The number of ether oxygens (including phenoxy) is 1. The lowest BCUT2D eigenvalue weighted by Gasteiger charge is -2.03. The van der Waals surface area contributed by atoms with Crippen LogP contribution in [0.25, 0.3) is 0 Å². The van der Waals surface area contributed by atoms with Gasteiger partial charge in [-0.2, -0.15) is 0 Å². The van der Waals surface area contributed by atoms with Crippen LogP contribution in [0.4, 0.5) is 0 Å². The summed E-state index contributed by atoms with van der Waals surface area (Å²) in [6.45, 7) is 3.95. The number of aryl methyl sites for hydroxylation is 1. The van der Waals surface area contributed by atoms with Crippen molar-refractivity contribution in [3.8, 4) is 5.75 Å². The Kier molecular flexibility index (Phi) is 6.66. The maximum Gasteiger partial charge on any atom is 0.115 e. The molecule has 0 saturated carbocycles. The number of aromatic hydroxyl groups is 1. The quantitative estimate of drug-likeness (QED) is 0.682. The molecular formula is C14H22O2. The fraction of sp³-hybridized carbons (Fsp3) is 0.571. The Morgan fingerprint density at radius 1 is 1.00 bits per heavy atom.